The number of carbonyl (C=O) groups excluding carboxylic acids is 1. The van der Waals surface area contributed by atoms with E-state index in [1.54, 1.807) is 11.3 Å². The second kappa shape index (κ2) is 6.48. The van der Waals surface area contributed by atoms with Gasteiger partial charge in [0.1, 0.15) is 0 Å². The van der Waals surface area contributed by atoms with Crippen molar-refractivity contribution in [3.63, 3.8) is 0 Å². The lowest BCUT2D eigenvalue weighted by molar-refractivity contribution is -0.136. The first-order valence-corrected chi connectivity index (χ1v) is 7.85. The molecule has 4 nitrogen and oxygen atoms in total. The summed E-state index contributed by atoms with van der Waals surface area (Å²) in [4.78, 5) is 18.9. The highest BCUT2D eigenvalue weighted by molar-refractivity contribution is 7.09. The van der Waals surface area contributed by atoms with Crippen molar-refractivity contribution in [1.29, 1.82) is 0 Å². The van der Waals surface area contributed by atoms with E-state index in [1.807, 2.05) is 25.8 Å². The molecule has 1 aromatic rings. The van der Waals surface area contributed by atoms with Gasteiger partial charge in [0.05, 0.1) is 5.01 Å². The summed E-state index contributed by atoms with van der Waals surface area (Å²) >= 11 is 1.73. The van der Waals surface area contributed by atoms with E-state index in [4.69, 9.17) is 0 Å². The minimum absolute atomic E-state index is 0.0572. The molecule has 1 amide bonds. The molecule has 0 aliphatic carbocycles. The Morgan fingerprint density at radius 2 is 2.47 bits per heavy atom. The van der Waals surface area contributed by atoms with Crippen molar-refractivity contribution < 1.29 is 4.79 Å². The SMILES string of the molecule is CNCC(C)C(=O)N1CCCC(c2nc(C)cs2)C1. The number of piperidine rings is 1. The molecule has 1 aliphatic heterocycles. The zero-order valence-corrected chi connectivity index (χ0v) is 12.8. The quantitative estimate of drug-likeness (QED) is 0.918. The lowest BCUT2D eigenvalue weighted by Crippen LogP contribution is -2.43. The summed E-state index contributed by atoms with van der Waals surface area (Å²) in [5.74, 6) is 0.757. The minimum atomic E-state index is 0.0572. The number of hydrogen-bond donors (Lipinski definition) is 1. The maximum absolute atomic E-state index is 12.3. The third kappa shape index (κ3) is 3.54. The standard InChI is InChI=1S/C14H23N3OS/c1-10(7-15-3)14(18)17-6-4-5-12(8-17)13-16-11(2)9-19-13/h9-10,12,15H,4-8H2,1-3H3. The first-order chi connectivity index (χ1) is 9.11. The fourth-order valence-corrected chi connectivity index (χ4v) is 3.57. The van der Waals surface area contributed by atoms with Gasteiger partial charge in [-0.15, -0.1) is 11.3 Å². The number of hydrogen-bond acceptors (Lipinski definition) is 4. The first kappa shape index (κ1) is 14.5. The van der Waals surface area contributed by atoms with Crippen molar-refractivity contribution in [2.45, 2.75) is 32.6 Å². The number of thiazole rings is 1. The maximum Gasteiger partial charge on any atom is 0.226 e. The van der Waals surface area contributed by atoms with Crippen LogP contribution in [0.1, 0.15) is 36.4 Å². The van der Waals surface area contributed by atoms with Crippen LogP contribution in [0, 0.1) is 12.8 Å². The molecule has 1 aliphatic rings. The average molecular weight is 281 g/mol. The van der Waals surface area contributed by atoms with Gasteiger partial charge in [-0.05, 0) is 26.8 Å². The van der Waals surface area contributed by atoms with Crippen LogP contribution in [0.25, 0.3) is 0 Å². The monoisotopic (exact) mass is 281 g/mol. The lowest BCUT2D eigenvalue weighted by atomic mass is 9.97. The molecule has 1 N–H and O–H groups in total. The Morgan fingerprint density at radius 3 is 3.11 bits per heavy atom. The molecule has 19 heavy (non-hydrogen) atoms. The lowest BCUT2D eigenvalue weighted by Gasteiger charge is -2.33. The zero-order valence-electron chi connectivity index (χ0n) is 12.0. The Kier molecular flexibility index (Phi) is 4.93. The van der Waals surface area contributed by atoms with Gasteiger partial charge in [-0.25, -0.2) is 4.98 Å². The van der Waals surface area contributed by atoms with E-state index in [0.717, 1.165) is 38.2 Å². The van der Waals surface area contributed by atoms with Crippen molar-refractivity contribution >= 4 is 17.2 Å². The van der Waals surface area contributed by atoms with Gasteiger partial charge in [0.25, 0.3) is 0 Å². The van der Waals surface area contributed by atoms with E-state index in [2.05, 4.69) is 15.7 Å². The van der Waals surface area contributed by atoms with Crippen molar-refractivity contribution in [3.05, 3.63) is 16.1 Å². The summed E-state index contributed by atoms with van der Waals surface area (Å²) in [5.41, 5.74) is 1.09. The van der Waals surface area contributed by atoms with Gasteiger partial charge in [-0.1, -0.05) is 6.92 Å². The predicted molar refractivity (Wildman–Crippen MR) is 78.5 cm³/mol. The number of likely N-dealkylation sites (tertiary alicyclic amines) is 1. The smallest absolute Gasteiger partial charge is 0.226 e. The Bertz CT molecular complexity index is 432. The molecule has 1 aromatic heterocycles. The van der Waals surface area contributed by atoms with E-state index in [1.165, 1.54) is 5.01 Å². The molecule has 5 heteroatoms. The second-order valence-corrected chi connectivity index (χ2v) is 6.30. The molecule has 2 unspecified atom stereocenters. The van der Waals surface area contributed by atoms with Crippen LogP contribution in [-0.4, -0.2) is 42.5 Å². The second-order valence-electron chi connectivity index (χ2n) is 5.41. The zero-order chi connectivity index (χ0) is 13.8. The molecule has 106 valence electrons. The Morgan fingerprint density at radius 1 is 1.68 bits per heavy atom. The van der Waals surface area contributed by atoms with Gasteiger partial charge in [0.15, 0.2) is 0 Å². The van der Waals surface area contributed by atoms with Gasteiger partial charge >= 0.3 is 0 Å². The Labute approximate surface area is 119 Å². The van der Waals surface area contributed by atoms with Crippen molar-refractivity contribution in [1.82, 2.24) is 15.2 Å². The molecule has 0 aromatic carbocycles. The van der Waals surface area contributed by atoms with Gasteiger partial charge in [-0.3, -0.25) is 4.79 Å². The van der Waals surface area contributed by atoms with Crippen LogP contribution in [0.5, 0.6) is 0 Å². The summed E-state index contributed by atoms with van der Waals surface area (Å²) in [5, 5.41) is 6.36. The van der Waals surface area contributed by atoms with E-state index in [0.29, 0.717) is 5.92 Å². The molecule has 0 saturated carbocycles. The predicted octanol–water partition coefficient (Wildman–Crippen LogP) is 2.01. The molecule has 0 radical (unpaired) electrons. The van der Waals surface area contributed by atoms with E-state index < -0.39 is 0 Å². The number of aryl methyl sites for hydroxylation is 1. The third-order valence-corrected chi connectivity index (χ3v) is 4.78. The summed E-state index contributed by atoms with van der Waals surface area (Å²) in [6.45, 7) is 6.50. The number of amides is 1. The van der Waals surface area contributed by atoms with Crippen LogP contribution in [0.2, 0.25) is 0 Å². The molecule has 2 heterocycles. The Balaban J connectivity index is 1.99. The largest absolute Gasteiger partial charge is 0.342 e. The highest BCUT2D eigenvalue weighted by atomic mass is 32.1. The average Bonchev–Trinajstić information content (AvgIpc) is 2.85. The van der Waals surface area contributed by atoms with Gasteiger partial charge in [-0.2, -0.15) is 0 Å². The van der Waals surface area contributed by atoms with Crippen molar-refractivity contribution in [3.8, 4) is 0 Å². The van der Waals surface area contributed by atoms with Gasteiger partial charge in [0.2, 0.25) is 5.91 Å². The summed E-state index contributed by atoms with van der Waals surface area (Å²) in [6, 6.07) is 0. The van der Waals surface area contributed by atoms with Crippen LogP contribution < -0.4 is 5.32 Å². The van der Waals surface area contributed by atoms with Crippen LogP contribution in [0.3, 0.4) is 0 Å². The Hall–Kier alpha value is -0.940. The van der Waals surface area contributed by atoms with Gasteiger partial charge in [0, 0.05) is 42.5 Å². The molecule has 2 rings (SSSR count). The van der Waals surface area contributed by atoms with Crippen molar-refractivity contribution in [2.24, 2.45) is 5.92 Å². The fraction of sp³-hybridized carbons (Fsp3) is 0.714. The number of nitrogens with zero attached hydrogens (tertiary/aromatic N) is 2. The highest BCUT2D eigenvalue weighted by Gasteiger charge is 2.28. The molecule has 1 saturated heterocycles. The molecular weight excluding hydrogens is 258 g/mol. The molecule has 1 fully saturated rings. The summed E-state index contributed by atoms with van der Waals surface area (Å²) in [6.07, 6.45) is 2.23. The third-order valence-electron chi connectivity index (χ3n) is 3.65. The van der Waals surface area contributed by atoms with Crippen LogP contribution >= 0.6 is 11.3 Å². The van der Waals surface area contributed by atoms with Crippen LogP contribution in [0.4, 0.5) is 0 Å². The fourth-order valence-electron chi connectivity index (χ4n) is 2.64. The first-order valence-electron chi connectivity index (χ1n) is 6.97. The maximum atomic E-state index is 12.3. The molecule has 0 bridgehead atoms. The minimum Gasteiger partial charge on any atom is -0.342 e. The van der Waals surface area contributed by atoms with Gasteiger partial charge < -0.3 is 10.2 Å². The van der Waals surface area contributed by atoms with E-state index in [-0.39, 0.29) is 11.8 Å². The molecule has 0 spiro atoms. The molecule has 2 atom stereocenters. The topological polar surface area (TPSA) is 45.2 Å². The molecular formula is C14H23N3OS. The number of aromatic nitrogens is 1. The van der Waals surface area contributed by atoms with E-state index >= 15 is 0 Å². The van der Waals surface area contributed by atoms with E-state index in [9.17, 15) is 4.79 Å². The van der Waals surface area contributed by atoms with Crippen molar-refractivity contribution in [2.75, 3.05) is 26.7 Å². The summed E-state index contributed by atoms with van der Waals surface area (Å²) in [7, 11) is 1.89. The summed E-state index contributed by atoms with van der Waals surface area (Å²) < 4.78 is 0. The number of carbonyl (C=O) groups is 1. The van der Waals surface area contributed by atoms with Crippen LogP contribution in [-0.2, 0) is 4.79 Å². The van der Waals surface area contributed by atoms with Crippen LogP contribution in [0.15, 0.2) is 5.38 Å². The number of nitrogens with one attached hydrogen (secondary N) is 1. The normalized spacial score (nSPS) is 21.4. The number of rotatable bonds is 4. The highest BCUT2D eigenvalue weighted by Crippen LogP contribution is 2.29.